The topological polar surface area (TPSA) is 52.3 Å². The number of benzene rings is 1. The van der Waals surface area contributed by atoms with Crippen LogP contribution in [0.4, 0.5) is 0 Å². The maximum Gasteiger partial charge on any atom is 0.314 e. The molecule has 0 spiro atoms. The predicted molar refractivity (Wildman–Crippen MR) is 80.4 cm³/mol. The lowest BCUT2D eigenvalue weighted by Gasteiger charge is -2.31. The van der Waals surface area contributed by atoms with Crippen molar-refractivity contribution >= 4 is 5.97 Å². The molecule has 3 unspecified atom stereocenters. The molecular weight excluding hydrogens is 250 g/mol. The minimum absolute atomic E-state index is 0.0824. The van der Waals surface area contributed by atoms with Gasteiger partial charge in [-0.25, -0.2) is 0 Å². The van der Waals surface area contributed by atoms with Crippen LogP contribution in [-0.2, 0) is 9.53 Å². The molecule has 2 N–H and O–H groups in total. The zero-order valence-corrected chi connectivity index (χ0v) is 12.3. The first-order valence-electron chi connectivity index (χ1n) is 7.71. The van der Waals surface area contributed by atoms with E-state index in [1.54, 1.807) is 0 Å². The van der Waals surface area contributed by atoms with Gasteiger partial charge in [0.1, 0.15) is 6.10 Å². The van der Waals surface area contributed by atoms with E-state index < -0.39 is 0 Å². The van der Waals surface area contributed by atoms with E-state index in [-0.39, 0.29) is 18.0 Å². The van der Waals surface area contributed by atoms with Gasteiger partial charge >= 0.3 is 5.97 Å². The quantitative estimate of drug-likeness (QED) is 0.839. The molecule has 110 valence electrons. The van der Waals surface area contributed by atoms with Crippen LogP contribution in [0.5, 0.6) is 0 Å². The lowest BCUT2D eigenvalue weighted by molar-refractivity contribution is -0.155. The van der Waals surface area contributed by atoms with Crippen LogP contribution in [-0.4, -0.2) is 18.6 Å². The van der Waals surface area contributed by atoms with Crippen molar-refractivity contribution in [3.05, 3.63) is 35.9 Å². The van der Waals surface area contributed by atoms with E-state index in [1.807, 2.05) is 30.3 Å². The van der Waals surface area contributed by atoms with Crippen LogP contribution in [0.15, 0.2) is 30.3 Å². The van der Waals surface area contributed by atoms with Crippen LogP contribution in [0.3, 0.4) is 0 Å². The van der Waals surface area contributed by atoms with Gasteiger partial charge in [0.25, 0.3) is 0 Å². The molecule has 2 rings (SSSR count). The Morgan fingerprint density at radius 2 is 2.00 bits per heavy atom. The Balaban J connectivity index is 2.02. The summed E-state index contributed by atoms with van der Waals surface area (Å²) in [5.74, 6) is 0.0154. The van der Waals surface area contributed by atoms with Crippen molar-refractivity contribution in [1.29, 1.82) is 0 Å². The molecule has 1 aliphatic rings. The number of rotatable bonds is 5. The Morgan fingerprint density at radius 1 is 1.30 bits per heavy atom. The molecular formula is C17H25NO2. The summed E-state index contributed by atoms with van der Waals surface area (Å²) in [7, 11) is 0. The minimum atomic E-state index is -0.337. The highest BCUT2D eigenvalue weighted by Gasteiger charge is 2.30. The molecule has 3 atom stereocenters. The smallest absolute Gasteiger partial charge is 0.314 e. The summed E-state index contributed by atoms with van der Waals surface area (Å²) in [5, 5.41) is 0. The largest absolute Gasteiger partial charge is 0.462 e. The molecule has 0 saturated heterocycles. The monoisotopic (exact) mass is 275 g/mol. The van der Waals surface area contributed by atoms with E-state index in [2.05, 4.69) is 6.92 Å². The van der Waals surface area contributed by atoms with Crippen LogP contribution in [0.25, 0.3) is 0 Å². The van der Waals surface area contributed by atoms with Gasteiger partial charge in [0.2, 0.25) is 0 Å². The van der Waals surface area contributed by atoms with Crippen molar-refractivity contribution in [3.63, 3.8) is 0 Å². The summed E-state index contributed by atoms with van der Waals surface area (Å²) in [6, 6.07) is 9.69. The lowest BCUT2D eigenvalue weighted by atomic mass is 9.84. The second-order valence-electron chi connectivity index (χ2n) is 5.63. The predicted octanol–water partition coefficient (Wildman–Crippen LogP) is 3.24. The third kappa shape index (κ3) is 3.60. The summed E-state index contributed by atoms with van der Waals surface area (Å²) < 4.78 is 5.78. The molecule has 20 heavy (non-hydrogen) atoms. The fourth-order valence-electron chi connectivity index (χ4n) is 3.08. The summed E-state index contributed by atoms with van der Waals surface area (Å²) in [6.45, 7) is 2.47. The molecule has 3 heteroatoms. The van der Waals surface area contributed by atoms with Gasteiger partial charge in [0, 0.05) is 6.54 Å². The zero-order chi connectivity index (χ0) is 14.4. The third-order valence-corrected chi connectivity index (χ3v) is 4.35. The molecule has 0 bridgehead atoms. The van der Waals surface area contributed by atoms with Gasteiger partial charge in [0.05, 0.1) is 5.92 Å². The van der Waals surface area contributed by atoms with Crippen LogP contribution in [0, 0.1) is 5.92 Å². The molecule has 1 saturated carbocycles. The van der Waals surface area contributed by atoms with Gasteiger partial charge in [0.15, 0.2) is 0 Å². The molecule has 3 nitrogen and oxygen atoms in total. The number of carbonyl (C=O) groups excluding carboxylic acids is 1. The average Bonchev–Trinajstić information content (AvgIpc) is 2.49. The fourth-order valence-corrected chi connectivity index (χ4v) is 3.08. The first-order chi connectivity index (χ1) is 9.76. The van der Waals surface area contributed by atoms with Gasteiger partial charge < -0.3 is 10.5 Å². The van der Waals surface area contributed by atoms with Gasteiger partial charge in [-0.15, -0.1) is 0 Å². The first kappa shape index (κ1) is 15.0. The second kappa shape index (κ2) is 7.44. The molecule has 0 amide bonds. The van der Waals surface area contributed by atoms with E-state index in [0.717, 1.165) is 24.8 Å². The summed E-state index contributed by atoms with van der Waals surface area (Å²) in [6.07, 6.45) is 5.75. The van der Waals surface area contributed by atoms with E-state index in [9.17, 15) is 4.79 Å². The molecule has 1 aliphatic carbocycles. The van der Waals surface area contributed by atoms with Crippen molar-refractivity contribution in [2.45, 2.75) is 51.0 Å². The molecule has 0 radical (unpaired) electrons. The number of hydrogen-bond donors (Lipinski definition) is 1. The van der Waals surface area contributed by atoms with E-state index in [1.165, 1.54) is 12.8 Å². The summed E-state index contributed by atoms with van der Waals surface area (Å²) in [4.78, 5) is 12.4. The van der Waals surface area contributed by atoms with Crippen molar-refractivity contribution < 1.29 is 9.53 Å². The van der Waals surface area contributed by atoms with Crippen molar-refractivity contribution in [2.24, 2.45) is 11.7 Å². The Hall–Kier alpha value is -1.35. The number of esters is 1. The number of ether oxygens (including phenoxy) is 1. The van der Waals surface area contributed by atoms with Crippen molar-refractivity contribution in [2.75, 3.05) is 6.54 Å². The van der Waals surface area contributed by atoms with E-state index in [0.29, 0.717) is 12.5 Å². The van der Waals surface area contributed by atoms with Crippen LogP contribution in [0.1, 0.15) is 50.5 Å². The minimum Gasteiger partial charge on any atom is -0.462 e. The SMILES string of the molecule is CCC1CCCCC1OC(=O)C(CN)c1ccccc1. The molecule has 1 aromatic carbocycles. The highest BCUT2D eigenvalue weighted by atomic mass is 16.5. The average molecular weight is 275 g/mol. The highest BCUT2D eigenvalue weighted by Crippen LogP contribution is 2.30. The van der Waals surface area contributed by atoms with E-state index >= 15 is 0 Å². The fraction of sp³-hybridized carbons (Fsp3) is 0.588. The molecule has 0 aromatic heterocycles. The Bertz CT molecular complexity index is 418. The van der Waals surface area contributed by atoms with Crippen molar-refractivity contribution in [1.82, 2.24) is 0 Å². The number of nitrogens with two attached hydrogens (primary N) is 1. The van der Waals surface area contributed by atoms with E-state index in [4.69, 9.17) is 10.5 Å². The number of hydrogen-bond acceptors (Lipinski definition) is 3. The second-order valence-corrected chi connectivity index (χ2v) is 5.63. The molecule has 0 aliphatic heterocycles. The Morgan fingerprint density at radius 3 is 2.65 bits per heavy atom. The normalized spacial score (nSPS) is 24.1. The standard InChI is InChI=1S/C17H25NO2/c1-2-13-8-6-7-11-16(13)20-17(19)15(12-18)14-9-4-3-5-10-14/h3-5,9-10,13,15-16H,2,6-8,11-12,18H2,1H3. The Kier molecular flexibility index (Phi) is 5.60. The van der Waals surface area contributed by atoms with Crippen LogP contribution < -0.4 is 5.73 Å². The summed E-state index contributed by atoms with van der Waals surface area (Å²) in [5.41, 5.74) is 6.73. The van der Waals surface area contributed by atoms with Crippen LogP contribution in [0.2, 0.25) is 0 Å². The highest BCUT2D eigenvalue weighted by molar-refractivity contribution is 5.78. The molecule has 0 heterocycles. The van der Waals surface area contributed by atoms with Gasteiger partial charge in [-0.05, 0) is 37.2 Å². The number of carbonyl (C=O) groups is 1. The van der Waals surface area contributed by atoms with Crippen LogP contribution >= 0.6 is 0 Å². The maximum absolute atomic E-state index is 12.4. The van der Waals surface area contributed by atoms with Gasteiger partial charge in [-0.3, -0.25) is 4.79 Å². The summed E-state index contributed by atoms with van der Waals surface area (Å²) >= 11 is 0. The third-order valence-electron chi connectivity index (χ3n) is 4.35. The van der Waals surface area contributed by atoms with Gasteiger partial charge in [-0.1, -0.05) is 43.7 Å². The zero-order valence-electron chi connectivity index (χ0n) is 12.3. The molecule has 1 fully saturated rings. The van der Waals surface area contributed by atoms with Gasteiger partial charge in [-0.2, -0.15) is 0 Å². The van der Waals surface area contributed by atoms with Crippen molar-refractivity contribution in [3.8, 4) is 0 Å². The Labute approximate surface area is 121 Å². The maximum atomic E-state index is 12.4. The molecule has 1 aromatic rings. The lowest BCUT2D eigenvalue weighted by Crippen LogP contribution is -2.33. The first-order valence-corrected chi connectivity index (χ1v) is 7.71.